The minimum absolute atomic E-state index is 0.0195. The SMILES string of the molecule is CC(=O)N[C@@H](CC(=O)Nc1cc(S(=O)(=O)N2CCOCC2)ccc1O)c1ccccc1. The van der Waals surface area contributed by atoms with Crippen LogP contribution in [0.4, 0.5) is 5.69 Å². The fourth-order valence-corrected chi connectivity index (χ4v) is 4.72. The molecule has 0 aromatic heterocycles. The highest BCUT2D eigenvalue weighted by Crippen LogP contribution is 2.29. The van der Waals surface area contributed by atoms with Crippen LogP contribution in [-0.2, 0) is 24.3 Å². The molecule has 2 amide bonds. The molecule has 1 saturated heterocycles. The second-order valence-electron chi connectivity index (χ2n) is 7.11. The predicted octanol–water partition coefficient (Wildman–Crippen LogP) is 1.62. The van der Waals surface area contributed by atoms with Gasteiger partial charge in [-0.15, -0.1) is 0 Å². The second kappa shape index (κ2) is 9.90. The number of morpholine rings is 1. The number of benzene rings is 2. The summed E-state index contributed by atoms with van der Waals surface area (Å²) < 4.78 is 32.2. The minimum Gasteiger partial charge on any atom is -0.506 e. The molecule has 10 heteroatoms. The van der Waals surface area contributed by atoms with Crippen LogP contribution >= 0.6 is 0 Å². The molecule has 0 radical (unpaired) electrons. The lowest BCUT2D eigenvalue weighted by atomic mass is 10.0. The van der Waals surface area contributed by atoms with Crippen LogP contribution in [0.2, 0.25) is 0 Å². The Morgan fingerprint density at radius 3 is 2.45 bits per heavy atom. The molecule has 9 nitrogen and oxygen atoms in total. The Morgan fingerprint density at radius 2 is 1.81 bits per heavy atom. The Morgan fingerprint density at radius 1 is 1.13 bits per heavy atom. The van der Waals surface area contributed by atoms with Crippen LogP contribution in [0.1, 0.15) is 24.9 Å². The van der Waals surface area contributed by atoms with Crippen LogP contribution in [0.5, 0.6) is 5.75 Å². The normalized spacial score (nSPS) is 15.8. The fourth-order valence-electron chi connectivity index (χ4n) is 3.28. The summed E-state index contributed by atoms with van der Waals surface area (Å²) in [6, 6.07) is 12.2. The number of ether oxygens (including phenoxy) is 1. The molecule has 1 fully saturated rings. The topological polar surface area (TPSA) is 125 Å². The van der Waals surface area contributed by atoms with Crippen LogP contribution in [0.25, 0.3) is 0 Å². The Hall–Kier alpha value is -2.95. The maximum Gasteiger partial charge on any atom is 0.243 e. The van der Waals surface area contributed by atoms with Gasteiger partial charge in [0.15, 0.2) is 0 Å². The number of anilines is 1. The molecule has 1 heterocycles. The molecular formula is C21H25N3O6S. The van der Waals surface area contributed by atoms with E-state index in [9.17, 15) is 23.1 Å². The standard InChI is InChI=1S/C21H25N3O6S/c1-15(25)22-18(16-5-3-2-4-6-16)14-21(27)23-19-13-17(7-8-20(19)26)31(28,29)24-9-11-30-12-10-24/h2-8,13,18,26H,9-12,14H2,1H3,(H,22,25)(H,23,27)/t18-/m0/s1. The number of amides is 2. The summed E-state index contributed by atoms with van der Waals surface area (Å²) in [7, 11) is -3.79. The molecule has 1 aliphatic rings. The van der Waals surface area contributed by atoms with E-state index in [0.717, 1.165) is 5.56 Å². The summed E-state index contributed by atoms with van der Waals surface area (Å²) >= 11 is 0. The molecule has 0 unspecified atom stereocenters. The lowest BCUT2D eigenvalue weighted by Gasteiger charge is -2.26. The third-order valence-electron chi connectivity index (χ3n) is 4.82. The molecule has 166 valence electrons. The van der Waals surface area contributed by atoms with Crippen LogP contribution in [0.15, 0.2) is 53.4 Å². The zero-order valence-electron chi connectivity index (χ0n) is 17.1. The van der Waals surface area contributed by atoms with E-state index in [4.69, 9.17) is 4.74 Å². The monoisotopic (exact) mass is 447 g/mol. The Labute approximate surface area is 181 Å². The van der Waals surface area contributed by atoms with E-state index in [1.54, 1.807) is 24.3 Å². The highest BCUT2D eigenvalue weighted by atomic mass is 32.2. The maximum absolute atomic E-state index is 12.8. The fraction of sp³-hybridized carbons (Fsp3) is 0.333. The first-order valence-electron chi connectivity index (χ1n) is 9.80. The number of phenols is 1. The van der Waals surface area contributed by atoms with Gasteiger partial charge in [0.25, 0.3) is 0 Å². The quantitative estimate of drug-likeness (QED) is 0.554. The Balaban J connectivity index is 1.77. The summed E-state index contributed by atoms with van der Waals surface area (Å²) in [5.74, 6) is -1.04. The lowest BCUT2D eigenvalue weighted by molar-refractivity contribution is -0.120. The van der Waals surface area contributed by atoms with Crippen LogP contribution in [-0.4, -0.2) is 55.9 Å². The van der Waals surface area contributed by atoms with E-state index >= 15 is 0 Å². The van der Waals surface area contributed by atoms with E-state index < -0.39 is 22.0 Å². The molecule has 0 bridgehead atoms. The van der Waals surface area contributed by atoms with Crippen molar-refractivity contribution in [3.05, 3.63) is 54.1 Å². The zero-order valence-corrected chi connectivity index (χ0v) is 17.9. The smallest absolute Gasteiger partial charge is 0.243 e. The molecule has 2 aromatic carbocycles. The van der Waals surface area contributed by atoms with E-state index in [2.05, 4.69) is 10.6 Å². The maximum atomic E-state index is 12.8. The Bertz CT molecular complexity index is 1040. The average molecular weight is 448 g/mol. The number of carbonyl (C=O) groups excluding carboxylic acids is 2. The van der Waals surface area contributed by atoms with Gasteiger partial charge in [-0.05, 0) is 23.8 Å². The number of rotatable bonds is 7. The molecule has 31 heavy (non-hydrogen) atoms. The van der Waals surface area contributed by atoms with Gasteiger partial charge < -0.3 is 20.5 Å². The van der Waals surface area contributed by atoms with E-state index in [1.807, 2.05) is 6.07 Å². The molecule has 0 saturated carbocycles. The summed E-state index contributed by atoms with van der Waals surface area (Å²) in [4.78, 5) is 24.2. The van der Waals surface area contributed by atoms with E-state index in [1.165, 1.54) is 29.4 Å². The lowest BCUT2D eigenvalue weighted by Crippen LogP contribution is -2.40. The number of hydrogen-bond acceptors (Lipinski definition) is 6. The number of nitrogens with one attached hydrogen (secondary N) is 2. The third kappa shape index (κ3) is 5.81. The molecule has 1 atom stereocenters. The predicted molar refractivity (Wildman–Crippen MR) is 114 cm³/mol. The van der Waals surface area contributed by atoms with Crippen molar-refractivity contribution in [2.75, 3.05) is 31.6 Å². The van der Waals surface area contributed by atoms with Crippen molar-refractivity contribution in [1.82, 2.24) is 9.62 Å². The number of nitrogens with zero attached hydrogens (tertiary/aromatic N) is 1. The summed E-state index contributed by atoms with van der Waals surface area (Å²) in [5.41, 5.74) is 0.731. The molecule has 3 rings (SSSR count). The van der Waals surface area contributed by atoms with E-state index in [-0.39, 0.29) is 41.7 Å². The summed E-state index contributed by atoms with van der Waals surface area (Å²) in [6.45, 7) is 2.45. The minimum atomic E-state index is -3.79. The number of phenolic OH excluding ortho intramolecular Hbond substituents is 1. The van der Waals surface area contributed by atoms with Crippen LogP contribution < -0.4 is 10.6 Å². The van der Waals surface area contributed by atoms with Gasteiger partial charge >= 0.3 is 0 Å². The first-order chi connectivity index (χ1) is 14.8. The molecule has 2 aromatic rings. The number of hydrogen-bond donors (Lipinski definition) is 3. The van der Waals surface area contributed by atoms with Gasteiger partial charge in [-0.3, -0.25) is 9.59 Å². The van der Waals surface area contributed by atoms with Crippen molar-refractivity contribution in [3.63, 3.8) is 0 Å². The van der Waals surface area contributed by atoms with Gasteiger partial charge in [0, 0.05) is 20.0 Å². The molecule has 0 spiro atoms. The highest BCUT2D eigenvalue weighted by molar-refractivity contribution is 7.89. The van der Waals surface area contributed by atoms with Gasteiger partial charge in [-0.25, -0.2) is 8.42 Å². The van der Waals surface area contributed by atoms with E-state index in [0.29, 0.717) is 13.2 Å². The third-order valence-corrected chi connectivity index (χ3v) is 6.71. The van der Waals surface area contributed by atoms with Crippen molar-refractivity contribution < 1.29 is 27.9 Å². The van der Waals surface area contributed by atoms with Crippen molar-refractivity contribution in [2.24, 2.45) is 0 Å². The van der Waals surface area contributed by atoms with Gasteiger partial charge in [0.1, 0.15) is 5.75 Å². The van der Waals surface area contributed by atoms with Crippen molar-refractivity contribution in [2.45, 2.75) is 24.3 Å². The first-order valence-corrected chi connectivity index (χ1v) is 11.2. The number of carbonyl (C=O) groups is 2. The van der Waals surface area contributed by atoms with Crippen LogP contribution in [0, 0.1) is 0 Å². The van der Waals surface area contributed by atoms with Gasteiger partial charge in [-0.2, -0.15) is 4.31 Å². The van der Waals surface area contributed by atoms with Crippen molar-refractivity contribution in [3.8, 4) is 5.75 Å². The molecule has 1 aliphatic heterocycles. The largest absolute Gasteiger partial charge is 0.506 e. The van der Waals surface area contributed by atoms with Gasteiger partial charge in [-0.1, -0.05) is 30.3 Å². The first kappa shape index (κ1) is 22.7. The number of aromatic hydroxyl groups is 1. The molecule has 0 aliphatic carbocycles. The van der Waals surface area contributed by atoms with Gasteiger partial charge in [0.2, 0.25) is 21.8 Å². The molecule has 3 N–H and O–H groups in total. The second-order valence-corrected chi connectivity index (χ2v) is 9.05. The number of sulfonamides is 1. The highest BCUT2D eigenvalue weighted by Gasteiger charge is 2.27. The van der Waals surface area contributed by atoms with Crippen molar-refractivity contribution in [1.29, 1.82) is 0 Å². The van der Waals surface area contributed by atoms with Crippen molar-refractivity contribution >= 4 is 27.5 Å². The molecular weight excluding hydrogens is 422 g/mol. The van der Waals surface area contributed by atoms with Gasteiger partial charge in [0.05, 0.1) is 36.3 Å². The summed E-state index contributed by atoms with van der Waals surface area (Å²) in [6.07, 6.45) is -0.0938. The average Bonchev–Trinajstić information content (AvgIpc) is 2.75. The zero-order chi connectivity index (χ0) is 22.4. The Kier molecular flexibility index (Phi) is 7.26. The summed E-state index contributed by atoms with van der Waals surface area (Å²) in [5, 5.41) is 15.4. The van der Waals surface area contributed by atoms with Crippen LogP contribution in [0.3, 0.4) is 0 Å².